The number of unbranched alkanes of at least 4 members (excludes halogenated alkanes) is 2. The van der Waals surface area contributed by atoms with Crippen molar-refractivity contribution in [1.29, 1.82) is 5.41 Å². The lowest BCUT2D eigenvalue weighted by Gasteiger charge is -2.30. The van der Waals surface area contributed by atoms with Crippen LogP contribution in [0.5, 0.6) is 0 Å². The Morgan fingerprint density at radius 2 is 0.914 bits per heavy atom. The molecular formula is C66H111N21O17S. The first-order valence-corrected chi connectivity index (χ1v) is 35.4. The number of carboxylic acid groups (broad SMARTS) is 1. The number of carbonyl (C=O) groups excluding carboxylic acids is 13. The Morgan fingerprint density at radius 3 is 1.39 bits per heavy atom. The number of thiol groups is 1. The fourth-order valence-corrected chi connectivity index (χ4v) is 10.6. The summed E-state index contributed by atoms with van der Waals surface area (Å²) in [5, 5.41) is 70.9. The lowest BCUT2D eigenvalue weighted by atomic mass is 9.98. The van der Waals surface area contributed by atoms with Crippen molar-refractivity contribution in [3.05, 3.63) is 54.1 Å². The highest BCUT2D eigenvalue weighted by Crippen LogP contribution is 2.14. The van der Waals surface area contributed by atoms with Gasteiger partial charge in [-0.2, -0.15) is 12.6 Å². The first kappa shape index (κ1) is 91.5. The summed E-state index contributed by atoms with van der Waals surface area (Å²) >= 11 is 4.26. The van der Waals surface area contributed by atoms with Crippen LogP contribution >= 0.6 is 12.6 Å². The number of carboxylic acids is 1. The van der Waals surface area contributed by atoms with E-state index in [1.165, 1.54) is 40.2 Å². The zero-order chi connectivity index (χ0) is 79.2. The summed E-state index contributed by atoms with van der Waals surface area (Å²) in [4.78, 5) is 198. The molecule has 2 aromatic rings. The number of imidazole rings is 1. The van der Waals surface area contributed by atoms with Crippen LogP contribution in [-0.4, -0.2) is 231 Å². The van der Waals surface area contributed by atoms with Gasteiger partial charge in [-0.1, -0.05) is 78.3 Å². The van der Waals surface area contributed by atoms with Gasteiger partial charge >= 0.3 is 5.97 Å². The molecule has 0 saturated carbocycles. The number of amides is 13. The number of hydrogen-bond acceptors (Lipinski definition) is 22. The zero-order valence-electron chi connectivity index (χ0n) is 60.7. The third-order valence-electron chi connectivity index (χ3n) is 16.5. The van der Waals surface area contributed by atoms with E-state index in [1.807, 2.05) is 0 Å². The molecule has 0 saturated heterocycles. The number of nitrogens with one attached hydrogen (secondary N) is 15. The maximum atomic E-state index is 14.4. The molecule has 38 nitrogen and oxygen atoms in total. The molecule has 28 N–H and O–H groups in total. The molecular weight excluding hydrogens is 1390 g/mol. The standard InChI is InChI=1S/C66H111N21O17S/c1-33(2)49(86-62(100)50(34(3)4)84-57(95)42(21-16-26-74-66(71)72)78-59(97)46(30-88)82-53(91)36(7)76-58(96)44(27-38-17-10-9-11-18-38)80-54(92)40(69)19-12-14-24-67)61(99)79-43(22-23-48(70)90)56(94)77-41(20-13-15-25-68)55(93)83-47(31-105)60(98)85-51(35(5)6)63(101)87-52(37(8)89)64(102)81-45(65(103)104)28-39-29-73-32-75-39/h9-11,17-18,29,32-37,40-47,49-52,88-89,105H,12-16,19-28,30-31,67-69H2,1-8H3,(H2,70,90)(H,73,75)(H,76,96)(H,77,94)(H,78,97)(H,79,99)(H,80,92)(H,81,102)(H,82,91)(H,83,93)(H,84,95)(H,85,98)(H,86,100)(H,87,101)(H,103,104)(H4,71,72,74)/t36-,37+,40-,41-,42-,43-,44-,45-,46-,47-,49-,50-,51-,52-/m0/s1. The minimum atomic E-state index is -1.74. The third-order valence-corrected chi connectivity index (χ3v) is 16.9. The molecule has 1 aromatic heterocycles. The largest absolute Gasteiger partial charge is 0.480 e. The van der Waals surface area contributed by atoms with Crippen molar-refractivity contribution in [3.8, 4) is 0 Å². The van der Waals surface area contributed by atoms with Crippen molar-refractivity contribution in [2.45, 2.75) is 217 Å². The lowest BCUT2D eigenvalue weighted by Crippen LogP contribution is -2.62. The Morgan fingerprint density at radius 1 is 0.495 bits per heavy atom. The van der Waals surface area contributed by atoms with Gasteiger partial charge in [-0.15, -0.1) is 0 Å². The van der Waals surface area contributed by atoms with Crippen LogP contribution in [-0.2, 0) is 80.0 Å². The summed E-state index contributed by atoms with van der Waals surface area (Å²) in [7, 11) is 0. The lowest BCUT2D eigenvalue weighted by molar-refractivity contribution is -0.143. The molecule has 0 fully saturated rings. The number of aliphatic hydroxyl groups is 2. The van der Waals surface area contributed by atoms with Gasteiger partial charge in [0.25, 0.3) is 0 Å². The Hall–Kier alpha value is -9.57. The van der Waals surface area contributed by atoms with Crippen molar-refractivity contribution in [2.75, 3.05) is 32.0 Å². The summed E-state index contributed by atoms with van der Waals surface area (Å²) in [6.45, 7) is 11.3. The second kappa shape index (κ2) is 47.7. The second-order valence-corrected chi connectivity index (χ2v) is 26.8. The minimum Gasteiger partial charge on any atom is -0.480 e. The van der Waals surface area contributed by atoms with Gasteiger partial charge in [0.15, 0.2) is 5.96 Å². The summed E-state index contributed by atoms with van der Waals surface area (Å²) < 4.78 is 0. The number of aliphatic carboxylic acids is 1. The Labute approximate surface area is 615 Å². The van der Waals surface area contributed by atoms with Crippen molar-refractivity contribution < 1.29 is 82.4 Å². The molecule has 0 aliphatic rings. The van der Waals surface area contributed by atoms with Crippen LogP contribution in [0.4, 0.5) is 0 Å². The number of nitrogens with zero attached hydrogens (tertiary/aromatic N) is 1. The monoisotopic (exact) mass is 1500 g/mol. The molecule has 105 heavy (non-hydrogen) atoms. The molecule has 0 aliphatic heterocycles. The first-order chi connectivity index (χ1) is 49.5. The molecule has 0 radical (unpaired) electrons. The second-order valence-electron chi connectivity index (χ2n) is 26.4. The molecule has 13 amide bonds. The molecule has 39 heteroatoms. The minimum absolute atomic E-state index is 0.00680. The van der Waals surface area contributed by atoms with Gasteiger partial charge in [0.2, 0.25) is 76.8 Å². The van der Waals surface area contributed by atoms with Gasteiger partial charge < -0.3 is 118 Å². The molecule has 14 atom stereocenters. The van der Waals surface area contributed by atoms with Gasteiger partial charge in [-0.05, 0) is 102 Å². The van der Waals surface area contributed by atoms with E-state index >= 15 is 0 Å². The molecule has 1 aromatic carbocycles. The average Bonchev–Trinajstić information content (AvgIpc) is 0.985. The number of rotatable bonds is 50. The van der Waals surface area contributed by atoms with Crippen molar-refractivity contribution in [1.82, 2.24) is 79.1 Å². The van der Waals surface area contributed by atoms with E-state index in [-0.39, 0.29) is 57.4 Å². The van der Waals surface area contributed by atoms with Crippen molar-refractivity contribution in [3.63, 3.8) is 0 Å². The number of H-pyrrole nitrogens is 1. The number of carbonyl (C=O) groups is 14. The van der Waals surface area contributed by atoms with Crippen LogP contribution in [0, 0.1) is 23.2 Å². The van der Waals surface area contributed by atoms with Crippen LogP contribution in [0.2, 0.25) is 0 Å². The van der Waals surface area contributed by atoms with Gasteiger partial charge in [-0.25, -0.2) is 9.78 Å². The fourth-order valence-electron chi connectivity index (χ4n) is 10.3. The summed E-state index contributed by atoms with van der Waals surface area (Å²) in [6, 6.07) is -10.3. The zero-order valence-corrected chi connectivity index (χ0v) is 61.6. The predicted molar refractivity (Wildman–Crippen MR) is 387 cm³/mol. The van der Waals surface area contributed by atoms with Crippen LogP contribution in [0.25, 0.3) is 0 Å². The number of primary amides is 1. The molecule has 0 spiro atoms. The first-order valence-electron chi connectivity index (χ1n) is 34.8. The van der Waals surface area contributed by atoms with Gasteiger partial charge in [0.1, 0.15) is 72.5 Å². The molecule has 0 unspecified atom stereocenters. The topological polar surface area (TPSA) is 639 Å². The maximum Gasteiger partial charge on any atom is 0.326 e. The SMILES string of the molecule is CC(C)[C@H](NC(=O)[C@H](CCCNC(=N)N)NC(=O)[C@H](CO)NC(=O)[C@H](C)NC(=O)[C@H](Cc1ccccc1)NC(=O)[C@@H](N)CCCCN)C(=O)N[C@H](C(=O)N[C@@H](CCC(N)=O)C(=O)N[C@@H](CCCCN)C(=O)N[C@@H](CS)C(=O)N[C@H](C(=O)N[C@H](C(=O)N[C@@H](Cc1c[nH]cn1)C(=O)O)[C@@H](C)O)C(C)C)C(C)C. The quantitative estimate of drug-likeness (QED) is 0.0127. The molecule has 588 valence electrons. The Balaban J connectivity index is 2.36. The predicted octanol–water partition coefficient (Wildman–Crippen LogP) is -6.50. The average molecular weight is 1500 g/mol. The number of aliphatic hydroxyl groups excluding tert-OH is 2. The number of aromatic nitrogens is 2. The third kappa shape index (κ3) is 33.4. The van der Waals surface area contributed by atoms with E-state index in [9.17, 15) is 82.4 Å². The maximum absolute atomic E-state index is 14.4. The fraction of sp³-hybridized carbons (Fsp3) is 0.636. The smallest absolute Gasteiger partial charge is 0.326 e. The van der Waals surface area contributed by atoms with E-state index in [4.69, 9.17) is 34.1 Å². The summed E-state index contributed by atoms with van der Waals surface area (Å²) in [5.74, 6) is -16.6. The Kier molecular flexibility index (Phi) is 41.6. The van der Waals surface area contributed by atoms with Crippen LogP contribution in [0.1, 0.15) is 131 Å². The highest BCUT2D eigenvalue weighted by atomic mass is 32.1. The van der Waals surface area contributed by atoms with Crippen LogP contribution in [0.3, 0.4) is 0 Å². The van der Waals surface area contributed by atoms with Gasteiger partial charge in [0.05, 0.1) is 30.8 Å². The van der Waals surface area contributed by atoms with Gasteiger partial charge in [0, 0.05) is 37.8 Å². The van der Waals surface area contributed by atoms with Crippen molar-refractivity contribution in [2.24, 2.45) is 46.4 Å². The van der Waals surface area contributed by atoms with E-state index in [1.54, 1.807) is 58.0 Å². The highest BCUT2D eigenvalue weighted by molar-refractivity contribution is 7.80. The number of nitrogens with two attached hydrogens (primary N) is 5. The van der Waals surface area contributed by atoms with E-state index in [0.29, 0.717) is 43.5 Å². The van der Waals surface area contributed by atoms with E-state index < -0.39 is 211 Å². The number of hydrogen-bond donors (Lipinski definition) is 24. The molecule has 2 rings (SSSR count). The summed E-state index contributed by atoms with van der Waals surface area (Å²) in [5.41, 5.74) is 29.4. The number of benzene rings is 1. The van der Waals surface area contributed by atoms with E-state index in [2.05, 4.69) is 91.7 Å². The van der Waals surface area contributed by atoms with E-state index in [0.717, 1.165) is 0 Å². The molecule has 0 bridgehead atoms. The van der Waals surface area contributed by atoms with Gasteiger partial charge in [-0.3, -0.25) is 67.7 Å². The summed E-state index contributed by atoms with van der Waals surface area (Å²) in [6.07, 6.45) is 1.81. The number of aromatic amines is 1. The Bertz CT molecular complexity index is 3190. The molecule has 0 aliphatic carbocycles. The van der Waals surface area contributed by atoms with Crippen LogP contribution in [0.15, 0.2) is 42.9 Å². The highest BCUT2D eigenvalue weighted by Gasteiger charge is 2.39. The van der Waals surface area contributed by atoms with Crippen LogP contribution < -0.4 is 97.8 Å². The molecule has 1 heterocycles. The number of guanidine groups is 1. The van der Waals surface area contributed by atoms with Crippen molar-refractivity contribution >= 4 is 101 Å². The normalized spacial score (nSPS) is 15.2.